The lowest BCUT2D eigenvalue weighted by Crippen LogP contribution is -2.46. The maximum atomic E-state index is 13.4. The number of pyridine rings is 1. The van der Waals surface area contributed by atoms with Crippen LogP contribution < -0.4 is 10.1 Å². The molecular weight excluding hydrogens is 471 g/mol. The molecule has 10 heteroatoms. The summed E-state index contributed by atoms with van der Waals surface area (Å²) in [5.74, 6) is -0.858. The highest BCUT2D eigenvalue weighted by Crippen LogP contribution is 2.26. The number of amides is 3. The maximum absolute atomic E-state index is 13.4. The predicted molar refractivity (Wildman–Crippen MR) is 133 cm³/mol. The topological polar surface area (TPSA) is 91.8 Å². The van der Waals surface area contributed by atoms with Crippen molar-refractivity contribution in [1.29, 1.82) is 0 Å². The van der Waals surface area contributed by atoms with Crippen LogP contribution in [0, 0.1) is 12.7 Å². The number of carbonyl (C=O) groups excluding carboxylic acids is 3. The van der Waals surface area contributed by atoms with E-state index in [9.17, 15) is 18.8 Å². The molecule has 0 aliphatic carbocycles. The van der Waals surface area contributed by atoms with Crippen LogP contribution in [0.2, 0.25) is 0 Å². The second-order valence-corrected chi connectivity index (χ2v) is 9.01. The van der Waals surface area contributed by atoms with Gasteiger partial charge < -0.3 is 10.1 Å². The maximum Gasteiger partial charge on any atom is 0.291 e. The van der Waals surface area contributed by atoms with E-state index in [1.54, 1.807) is 25.1 Å². The molecule has 4 rings (SSSR count). The van der Waals surface area contributed by atoms with Gasteiger partial charge in [0.2, 0.25) is 5.91 Å². The third kappa shape index (κ3) is 5.54. The van der Waals surface area contributed by atoms with Gasteiger partial charge in [-0.15, -0.1) is 11.8 Å². The molecule has 2 aromatic carbocycles. The molecule has 1 aromatic heterocycles. The molecule has 1 fully saturated rings. The van der Waals surface area contributed by atoms with Crippen molar-refractivity contribution in [3.63, 3.8) is 0 Å². The summed E-state index contributed by atoms with van der Waals surface area (Å²) in [6.07, 6.45) is 0.645. The molecule has 1 aliphatic rings. The lowest BCUT2D eigenvalue weighted by Gasteiger charge is -2.27. The molecule has 0 unspecified atom stereocenters. The number of benzene rings is 2. The summed E-state index contributed by atoms with van der Waals surface area (Å²) in [4.78, 5) is 42.8. The summed E-state index contributed by atoms with van der Waals surface area (Å²) in [6.45, 7) is 2.57. The molecule has 182 valence electrons. The molecular formula is C25H25FN4O4S. The van der Waals surface area contributed by atoms with Crippen LogP contribution in [-0.2, 0) is 9.59 Å². The largest absolute Gasteiger partial charge is 0.496 e. The fraction of sp³-hybridized carbons (Fsp3) is 0.280. The van der Waals surface area contributed by atoms with E-state index in [1.165, 1.54) is 29.3 Å². The minimum Gasteiger partial charge on any atom is -0.496 e. The number of halogens is 1. The van der Waals surface area contributed by atoms with Crippen LogP contribution in [0.1, 0.15) is 22.5 Å². The van der Waals surface area contributed by atoms with E-state index < -0.39 is 5.82 Å². The monoisotopic (exact) mass is 496 g/mol. The number of ether oxygens (including phenoxy) is 1. The quantitative estimate of drug-likeness (QED) is 0.537. The van der Waals surface area contributed by atoms with E-state index in [-0.39, 0.29) is 34.9 Å². The molecule has 35 heavy (non-hydrogen) atoms. The smallest absolute Gasteiger partial charge is 0.291 e. The number of rotatable bonds is 7. The number of nitrogens with one attached hydrogen (secondary N) is 1. The van der Waals surface area contributed by atoms with Crippen LogP contribution in [0.4, 0.5) is 10.1 Å². The van der Waals surface area contributed by atoms with Gasteiger partial charge in [-0.3, -0.25) is 19.4 Å². The summed E-state index contributed by atoms with van der Waals surface area (Å²) in [6, 6.07) is 13.1. The average molecular weight is 497 g/mol. The molecule has 0 bridgehead atoms. The van der Waals surface area contributed by atoms with Crippen molar-refractivity contribution >= 4 is 46.1 Å². The molecule has 1 aliphatic heterocycles. The molecule has 1 saturated heterocycles. The van der Waals surface area contributed by atoms with Gasteiger partial charge in [-0.1, -0.05) is 18.2 Å². The van der Waals surface area contributed by atoms with Crippen LogP contribution in [0.5, 0.6) is 5.75 Å². The van der Waals surface area contributed by atoms with Crippen LogP contribution in [0.3, 0.4) is 0 Å². The SMILES string of the molecule is COc1cc(C(=O)N2CCCN2C(=O)CSCC(=O)Nc2cc(F)ccc2C)nc2ccccc12. The van der Waals surface area contributed by atoms with Crippen molar-refractivity contribution in [2.24, 2.45) is 0 Å². The van der Waals surface area contributed by atoms with Gasteiger partial charge in [0.15, 0.2) is 0 Å². The summed E-state index contributed by atoms with van der Waals surface area (Å²) < 4.78 is 18.9. The van der Waals surface area contributed by atoms with E-state index in [0.29, 0.717) is 36.5 Å². The Morgan fingerprint density at radius 3 is 2.66 bits per heavy atom. The van der Waals surface area contributed by atoms with Crippen molar-refractivity contribution in [3.05, 3.63) is 65.6 Å². The molecule has 2 heterocycles. The number of hydrogen-bond donors (Lipinski definition) is 1. The zero-order valence-electron chi connectivity index (χ0n) is 19.4. The molecule has 3 amide bonds. The van der Waals surface area contributed by atoms with E-state index in [0.717, 1.165) is 22.7 Å². The number of carbonyl (C=O) groups is 3. The first kappa shape index (κ1) is 24.5. The van der Waals surface area contributed by atoms with Gasteiger partial charge in [-0.2, -0.15) is 0 Å². The normalized spacial score (nSPS) is 13.2. The van der Waals surface area contributed by atoms with Gasteiger partial charge in [0.1, 0.15) is 17.3 Å². The number of anilines is 1. The van der Waals surface area contributed by atoms with Gasteiger partial charge in [0.25, 0.3) is 11.8 Å². The highest BCUT2D eigenvalue weighted by atomic mass is 32.2. The number of nitrogens with zero attached hydrogens (tertiary/aromatic N) is 3. The third-order valence-electron chi connectivity index (χ3n) is 5.60. The van der Waals surface area contributed by atoms with E-state index in [1.807, 2.05) is 18.2 Å². The number of thioether (sulfide) groups is 1. The highest BCUT2D eigenvalue weighted by Gasteiger charge is 2.32. The summed E-state index contributed by atoms with van der Waals surface area (Å²) >= 11 is 1.13. The lowest BCUT2D eigenvalue weighted by atomic mass is 10.1. The van der Waals surface area contributed by atoms with Gasteiger partial charge >= 0.3 is 0 Å². The summed E-state index contributed by atoms with van der Waals surface area (Å²) in [5.41, 5.74) is 1.96. The predicted octanol–water partition coefficient (Wildman–Crippen LogP) is 3.65. The highest BCUT2D eigenvalue weighted by molar-refractivity contribution is 8.00. The van der Waals surface area contributed by atoms with Crippen molar-refractivity contribution in [2.75, 3.05) is 37.0 Å². The second-order valence-electron chi connectivity index (χ2n) is 8.03. The fourth-order valence-electron chi connectivity index (χ4n) is 3.86. The first-order valence-electron chi connectivity index (χ1n) is 11.1. The van der Waals surface area contributed by atoms with Crippen molar-refractivity contribution in [2.45, 2.75) is 13.3 Å². The van der Waals surface area contributed by atoms with Crippen LogP contribution in [-0.4, -0.2) is 64.4 Å². The summed E-state index contributed by atoms with van der Waals surface area (Å²) in [5, 5.41) is 6.26. The van der Waals surface area contributed by atoms with Crippen molar-refractivity contribution in [1.82, 2.24) is 15.0 Å². The minimum absolute atomic E-state index is 0.0207. The van der Waals surface area contributed by atoms with E-state index in [4.69, 9.17) is 4.74 Å². The standard InChI is InChI=1S/C25H25FN4O4S/c1-16-8-9-17(26)12-20(16)28-23(31)14-35-15-24(32)29-10-5-11-30(29)25(33)21-13-22(34-2)18-6-3-4-7-19(18)27-21/h3-4,6-9,12-13H,5,10-11,14-15H2,1-2H3,(H,28,31). The second kappa shape index (κ2) is 10.7. The average Bonchev–Trinajstić information content (AvgIpc) is 3.35. The zero-order valence-corrected chi connectivity index (χ0v) is 20.2. The van der Waals surface area contributed by atoms with Gasteiger partial charge in [0, 0.05) is 30.2 Å². The van der Waals surface area contributed by atoms with Gasteiger partial charge in [-0.25, -0.2) is 14.4 Å². The Bertz CT molecular complexity index is 1290. The Balaban J connectivity index is 1.37. The minimum atomic E-state index is -0.439. The number of hydrogen-bond acceptors (Lipinski definition) is 6. The zero-order chi connectivity index (χ0) is 24.9. The Kier molecular flexibility index (Phi) is 7.50. The van der Waals surface area contributed by atoms with Gasteiger partial charge in [-0.05, 0) is 43.2 Å². The number of methoxy groups -OCH3 is 1. The molecule has 8 nitrogen and oxygen atoms in total. The molecule has 3 aromatic rings. The van der Waals surface area contributed by atoms with Gasteiger partial charge in [0.05, 0.1) is 24.1 Å². The van der Waals surface area contributed by atoms with Crippen LogP contribution in [0.15, 0.2) is 48.5 Å². The molecule has 0 saturated carbocycles. The van der Waals surface area contributed by atoms with Crippen LogP contribution in [0.25, 0.3) is 10.9 Å². The Hall–Kier alpha value is -3.66. The summed E-state index contributed by atoms with van der Waals surface area (Å²) in [7, 11) is 1.53. The number of fused-ring (bicyclic) bond motifs is 1. The fourth-order valence-corrected chi connectivity index (χ4v) is 4.54. The van der Waals surface area contributed by atoms with E-state index >= 15 is 0 Å². The Labute approximate surface area is 206 Å². The first-order chi connectivity index (χ1) is 16.9. The first-order valence-corrected chi connectivity index (χ1v) is 12.2. The third-order valence-corrected chi connectivity index (χ3v) is 6.52. The Morgan fingerprint density at radius 1 is 1.09 bits per heavy atom. The lowest BCUT2D eigenvalue weighted by molar-refractivity contribution is -0.137. The molecule has 0 spiro atoms. The van der Waals surface area contributed by atoms with Crippen molar-refractivity contribution in [3.8, 4) is 5.75 Å². The number of aryl methyl sites for hydroxylation is 1. The van der Waals surface area contributed by atoms with Crippen molar-refractivity contribution < 1.29 is 23.5 Å². The molecule has 0 radical (unpaired) electrons. The number of para-hydroxylation sites is 1. The Morgan fingerprint density at radius 2 is 1.86 bits per heavy atom. The molecule has 1 N–H and O–H groups in total. The molecule has 0 atom stereocenters. The van der Waals surface area contributed by atoms with E-state index in [2.05, 4.69) is 10.3 Å². The number of aromatic nitrogens is 1. The van der Waals surface area contributed by atoms with Crippen LogP contribution >= 0.6 is 11.8 Å². The number of hydrazine groups is 1.